The Labute approximate surface area is 475 Å². The zero-order valence-electron chi connectivity index (χ0n) is 50.6. The van der Waals surface area contributed by atoms with Gasteiger partial charge in [0.25, 0.3) is 0 Å². The molecule has 0 aliphatic heterocycles. The molecule has 0 radical (unpaired) electrons. The van der Waals surface area contributed by atoms with Crippen molar-refractivity contribution >= 4 is 0 Å². The van der Waals surface area contributed by atoms with Crippen LogP contribution in [0.15, 0.2) is 177 Å². The van der Waals surface area contributed by atoms with Gasteiger partial charge < -0.3 is 0 Å². The second-order valence-electron chi connectivity index (χ2n) is 21.2. The number of benzene rings is 3. The summed E-state index contributed by atoms with van der Waals surface area (Å²) in [7, 11) is 10.2. The normalized spacial score (nSPS) is 10.7. The van der Waals surface area contributed by atoms with Crippen LogP contribution >= 0.6 is 0 Å². The summed E-state index contributed by atoms with van der Waals surface area (Å²) in [5, 5.41) is 0. The summed E-state index contributed by atoms with van der Waals surface area (Å²) < 4.78 is 20.9. The van der Waals surface area contributed by atoms with Crippen molar-refractivity contribution in [2.75, 3.05) is 0 Å². The number of nitrogens with zero attached hydrogens (tertiary/aromatic N) is 13. The fraction of sp³-hybridized carbons (Fsp3) is 0.284. The monoisotopic (exact) mass is 1070 g/mol. The van der Waals surface area contributed by atoms with Gasteiger partial charge in [-0.25, -0.2) is 0 Å². The van der Waals surface area contributed by atoms with Crippen LogP contribution in [0.1, 0.15) is 86.9 Å². The highest BCUT2D eigenvalue weighted by Crippen LogP contribution is 2.28. The predicted octanol–water partition coefficient (Wildman–Crippen LogP) is 10.9. The van der Waals surface area contributed by atoms with Gasteiger partial charge >= 0.3 is 0 Å². The molecule has 0 aliphatic rings. The van der Waals surface area contributed by atoms with E-state index >= 15 is 0 Å². The second kappa shape index (κ2) is 26.2. The lowest BCUT2D eigenvalue weighted by molar-refractivity contribution is -0.744. The van der Waals surface area contributed by atoms with Crippen molar-refractivity contribution in [2.24, 2.45) is 35.2 Å². The van der Waals surface area contributed by atoms with E-state index in [0.717, 1.165) is 28.5 Å². The first-order chi connectivity index (χ1) is 38.1. The fourth-order valence-electron chi connectivity index (χ4n) is 10.2. The summed E-state index contributed by atoms with van der Waals surface area (Å²) in [5.74, 6) is 0.589. The molecule has 11 aromatic rings. The molecule has 8 heterocycles. The minimum absolute atomic E-state index is 0.589. The van der Waals surface area contributed by atoms with E-state index in [1.807, 2.05) is 142 Å². The number of pyridine rings is 3. The molecule has 8 aromatic heterocycles. The quantitative estimate of drug-likeness (QED) is 0.149. The van der Waals surface area contributed by atoms with Crippen LogP contribution in [-0.2, 0) is 35.2 Å². The Balaban J connectivity index is 0.000000146. The zero-order chi connectivity index (χ0) is 57.9. The van der Waals surface area contributed by atoms with Crippen LogP contribution in [0.2, 0.25) is 0 Å². The van der Waals surface area contributed by atoms with Gasteiger partial charge in [0.05, 0.1) is 54.3 Å². The van der Waals surface area contributed by atoms with Gasteiger partial charge in [0.15, 0.2) is 66.2 Å². The summed E-state index contributed by atoms with van der Waals surface area (Å²) >= 11 is 0. The Morgan fingerprint density at radius 2 is 0.838 bits per heavy atom. The van der Waals surface area contributed by atoms with Crippen molar-refractivity contribution in [3.8, 4) is 39.7 Å². The molecule has 13 nitrogen and oxygen atoms in total. The van der Waals surface area contributed by atoms with Crippen molar-refractivity contribution in [1.82, 2.24) is 38.4 Å². The highest BCUT2D eigenvalue weighted by Gasteiger charge is 2.16. The Morgan fingerprint density at radius 3 is 1.26 bits per heavy atom. The number of hydrogen-bond acceptors (Lipinski definition) is 3. The van der Waals surface area contributed by atoms with Gasteiger partial charge in [-0.05, 0) is 157 Å². The van der Waals surface area contributed by atoms with Crippen LogP contribution in [0.25, 0.3) is 39.7 Å². The summed E-state index contributed by atoms with van der Waals surface area (Å²) in [4.78, 5) is 13.5. The van der Waals surface area contributed by atoms with Crippen LogP contribution in [0.3, 0.4) is 0 Å². The summed E-state index contributed by atoms with van der Waals surface area (Å²) in [6.45, 7) is 27.6. The van der Waals surface area contributed by atoms with Gasteiger partial charge in [-0.1, -0.05) is 61.9 Å². The smallest absolute Gasteiger partial charge is 0.195 e. The van der Waals surface area contributed by atoms with E-state index in [9.17, 15) is 0 Å². The van der Waals surface area contributed by atoms with Crippen molar-refractivity contribution < 1.29 is 23.4 Å². The molecule has 0 fully saturated rings. The van der Waals surface area contributed by atoms with Gasteiger partial charge in [0.2, 0.25) is 0 Å². The molecule has 0 saturated carbocycles. The number of aryl methyl sites for hydroxylation is 16. The third kappa shape index (κ3) is 13.9. The van der Waals surface area contributed by atoms with E-state index in [1.54, 1.807) is 0 Å². The molecule has 0 spiro atoms. The van der Waals surface area contributed by atoms with Gasteiger partial charge in [-0.15, -0.1) is 46.8 Å². The average molecular weight is 1070 g/mol. The SMILES string of the molecule is Cc1cc(-c2c(C)cccc2C)ncc1-n1ccc[n+]1C.Cc1cc(C(C)C)ccc1-n1ccc[n+]1C.Cc1cc(C)c(-n2ccc[n+]2C)c(C)n1.Cc1ccc(-n2ccc[n+]2C)c(C)c1.Cc1ccnc(C)c1-n1ccc[n+]1C. The maximum atomic E-state index is 4.69. The summed E-state index contributed by atoms with van der Waals surface area (Å²) in [6, 6.07) is 36.0. The third-order valence-corrected chi connectivity index (χ3v) is 14.4. The van der Waals surface area contributed by atoms with Crippen molar-refractivity contribution in [2.45, 2.75) is 95.9 Å². The van der Waals surface area contributed by atoms with E-state index in [1.165, 1.54) is 78.4 Å². The molecule has 11 rings (SSSR count). The molecule has 0 N–H and O–H groups in total. The molecule has 0 unspecified atom stereocenters. The van der Waals surface area contributed by atoms with Crippen molar-refractivity contribution in [3.05, 3.63) is 245 Å². The zero-order valence-corrected chi connectivity index (χ0v) is 50.6. The Morgan fingerprint density at radius 1 is 0.388 bits per heavy atom. The Hall–Kier alpha value is -8.84. The molecule has 0 saturated heterocycles. The van der Waals surface area contributed by atoms with Crippen LogP contribution < -0.4 is 23.4 Å². The first kappa shape index (κ1) is 58.8. The second-order valence-corrected chi connectivity index (χ2v) is 21.2. The molecular formula is C67H84N13+5. The maximum absolute atomic E-state index is 4.69. The maximum Gasteiger partial charge on any atom is 0.195 e. The lowest BCUT2D eigenvalue weighted by Gasteiger charge is -2.11. The molecule has 412 valence electrons. The molecule has 0 atom stereocenters. The summed E-state index contributed by atoms with van der Waals surface area (Å²) in [6.07, 6.45) is 24.2. The van der Waals surface area contributed by atoms with Gasteiger partial charge in [0, 0.05) is 47.8 Å². The first-order valence-corrected chi connectivity index (χ1v) is 27.4. The predicted molar refractivity (Wildman–Crippen MR) is 320 cm³/mol. The van der Waals surface area contributed by atoms with E-state index in [-0.39, 0.29) is 0 Å². The van der Waals surface area contributed by atoms with E-state index in [2.05, 4.69) is 217 Å². The fourth-order valence-corrected chi connectivity index (χ4v) is 10.2. The largest absolute Gasteiger partial charge is 0.259 e. The van der Waals surface area contributed by atoms with Crippen LogP contribution in [0.5, 0.6) is 0 Å². The molecule has 80 heavy (non-hydrogen) atoms. The van der Waals surface area contributed by atoms with Crippen molar-refractivity contribution in [3.63, 3.8) is 0 Å². The van der Waals surface area contributed by atoms with Gasteiger partial charge in [0.1, 0.15) is 28.4 Å². The molecule has 3 aromatic carbocycles. The minimum Gasteiger partial charge on any atom is -0.259 e. The van der Waals surface area contributed by atoms with Crippen LogP contribution in [-0.4, -0.2) is 38.4 Å². The lowest BCUT2D eigenvalue weighted by atomic mass is 9.98. The Kier molecular flexibility index (Phi) is 19.3. The molecule has 0 amide bonds. The standard InChI is InChI=1S/C18H20N3.C14H19N2.C12H16N3.C12H15N2.C11H14N3/c1-13-7-5-8-14(2)18(13)16-11-15(3)17(12-19-16)21-10-6-9-20(21)4;1-11(2)13-6-7-14(12(3)10-13)16-9-5-8-15(16)4;1-9-8-10(2)13-11(3)12(9)15-7-5-6-14(15)4;1-10-5-6-12(11(2)9-10)14-8-4-7-13(14)3;1-9-5-6-12-10(2)11(9)14-8-4-7-13(14)3/h5-12H,1-4H3;5-11H,1-4H3;5-8H,1-4H3;4-9H,1-3H3;4-8H,1-3H3/q5*+1. The number of rotatable bonds is 7. The van der Waals surface area contributed by atoms with E-state index < -0.39 is 0 Å². The molecular weight excluding hydrogens is 987 g/mol. The van der Waals surface area contributed by atoms with Crippen LogP contribution in [0.4, 0.5) is 0 Å². The number of aromatic nitrogens is 13. The van der Waals surface area contributed by atoms with Crippen LogP contribution in [0, 0.1) is 76.2 Å². The van der Waals surface area contributed by atoms with E-state index in [4.69, 9.17) is 4.98 Å². The summed E-state index contributed by atoms with van der Waals surface area (Å²) in [5.41, 5.74) is 23.0. The van der Waals surface area contributed by atoms with Gasteiger partial charge in [-0.3, -0.25) is 15.0 Å². The Bertz CT molecular complexity index is 3790. The van der Waals surface area contributed by atoms with E-state index in [0.29, 0.717) is 5.92 Å². The van der Waals surface area contributed by atoms with Gasteiger partial charge in [-0.2, -0.15) is 0 Å². The number of hydrogen-bond donors (Lipinski definition) is 0. The third-order valence-electron chi connectivity index (χ3n) is 14.4. The molecule has 0 aliphatic carbocycles. The topological polar surface area (TPSA) is 82.7 Å². The molecule has 0 bridgehead atoms. The highest BCUT2D eigenvalue weighted by atomic mass is 15.4. The molecule has 13 heteroatoms. The average Bonchev–Trinajstić information content (AvgIpc) is 4.28. The first-order valence-electron chi connectivity index (χ1n) is 27.4. The highest BCUT2D eigenvalue weighted by molar-refractivity contribution is 5.69. The van der Waals surface area contributed by atoms with Crippen molar-refractivity contribution in [1.29, 1.82) is 0 Å². The minimum atomic E-state index is 0.589. The lowest BCUT2D eigenvalue weighted by Crippen LogP contribution is -2.37.